The summed E-state index contributed by atoms with van der Waals surface area (Å²) in [5, 5.41) is 15.9. The number of aryl methyl sites for hydroxylation is 1. The van der Waals surface area contributed by atoms with E-state index >= 15 is 0 Å². The van der Waals surface area contributed by atoms with E-state index in [-0.39, 0.29) is 18.5 Å². The summed E-state index contributed by atoms with van der Waals surface area (Å²) >= 11 is 0. The molecular weight excluding hydrogens is 568 g/mol. The topological polar surface area (TPSA) is 143 Å². The number of anilines is 1. The molecule has 0 spiro atoms. The predicted molar refractivity (Wildman–Crippen MR) is 158 cm³/mol. The molecule has 3 heterocycles. The third-order valence-corrected chi connectivity index (χ3v) is 7.68. The van der Waals surface area contributed by atoms with Gasteiger partial charge in [0.25, 0.3) is 11.8 Å². The van der Waals surface area contributed by atoms with Crippen molar-refractivity contribution in [3.05, 3.63) is 60.1 Å². The Kier molecular flexibility index (Phi) is 8.35. The van der Waals surface area contributed by atoms with Crippen molar-refractivity contribution in [2.24, 2.45) is 0 Å². The molecule has 2 amide bonds. The first-order valence-corrected chi connectivity index (χ1v) is 14.5. The molecule has 1 aliphatic heterocycles. The standard InChI is InChI=1S/C31H34N6O7/c1-19-8-11-25(44-19)29(31(39)32-21-6-4-5-7-21)37(22-10-13-24-27(17-22)43-15-14-42-24)28(38)18-36-34-30(33-35-36)20-9-12-23(40-2)26(16-20)41-3/h8-13,16-17,21,29H,4-7,14-15,18H2,1-3H3,(H,32,39). The molecule has 230 valence electrons. The summed E-state index contributed by atoms with van der Waals surface area (Å²) in [7, 11) is 3.09. The molecule has 1 aliphatic carbocycles. The molecule has 13 heteroatoms. The average molecular weight is 603 g/mol. The van der Waals surface area contributed by atoms with Crippen LogP contribution in [0.5, 0.6) is 23.0 Å². The van der Waals surface area contributed by atoms with E-state index in [1.165, 1.54) is 16.8 Å². The zero-order chi connectivity index (χ0) is 30.6. The summed E-state index contributed by atoms with van der Waals surface area (Å²) in [6.45, 7) is 2.28. The molecule has 1 atom stereocenters. The molecule has 0 radical (unpaired) electrons. The maximum atomic E-state index is 14.2. The molecule has 13 nitrogen and oxygen atoms in total. The van der Waals surface area contributed by atoms with E-state index < -0.39 is 11.9 Å². The molecule has 1 unspecified atom stereocenters. The van der Waals surface area contributed by atoms with Crippen LogP contribution in [0.1, 0.15) is 43.2 Å². The van der Waals surface area contributed by atoms with Gasteiger partial charge in [0.2, 0.25) is 5.82 Å². The summed E-state index contributed by atoms with van der Waals surface area (Å²) in [4.78, 5) is 30.8. The Morgan fingerprint density at radius 1 is 1.00 bits per heavy atom. The molecule has 1 N–H and O–H groups in total. The third-order valence-electron chi connectivity index (χ3n) is 7.68. The highest BCUT2D eigenvalue weighted by atomic mass is 16.6. The minimum absolute atomic E-state index is 0.0271. The van der Waals surface area contributed by atoms with Gasteiger partial charge in [0.05, 0.1) is 14.2 Å². The summed E-state index contributed by atoms with van der Waals surface area (Å²) in [5.41, 5.74) is 1.06. The van der Waals surface area contributed by atoms with Crippen LogP contribution in [0, 0.1) is 6.92 Å². The van der Waals surface area contributed by atoms with Gasteiger partial charge in [0.1, 0.15) is 31.3 Å². The molecule has 0 saturated heterocycles. The van der Waals surface area contributed by atoms with Crippen molar-refractivity contribution in [3.8, 4) is 34.4 Å². The van der Waals surface area contributed by atoms with Gasteiger partial charge in [0.15, 0.2) is 29.0 Å². The van der Waals surface area contributed by atoms with Gasteiger partial charge >= 0.3 is 0 Å². The summed E-state index contributed by atoms with van der Waals surface area (Å²) in [6, 6.07) is 12.8. The predicted octanol–water partition coefficient (Wildman–Crippen LogP) is 3.86. The lowest BCUT2D eigenvalue weighted by molar-refractivity contribution is -0.128. The van der Waals surface area contributed by atoms with Crippen LogP contribution in [0.4, 0.5) is 5.69 Å². The molecule has 2 aliphatic rings. The summed E-state index contributed by atoms with van der Waals surface area (Å²) in [6.07, 6.45) is 3.85. The highest BCUT2D eigenvalue weighted by Gasteiger charge is 2.37. The number of aromatic nitrogens is 4. The molecule has 1 saturated carbocycles. The number of hydrogen-bond donors (Lipinski definition) is 1. The normalized spacial score (nSPS) is 15.1. The number of nitrogens with one attached hydrogen (secondary N) is 1. The minimum Gasteiger partial charge on any atom is -0.493 e. The molecule has 2 aromatic heterocycles. The van der Waals surface area contributed by atoms with Crippen LogP contribution in [0.2, 0.25) is 0 Å². The van der Waals surface area contributed by atoms with Crippen LogP contribution in [0.3, 0.4) is 0 Å². The van der Waals surface area contributed by atoms with Crippen molar-refractivity contribution in [1.82, 2.24) is 25.5 Å². The Morgan fingerprint density at radius 3 is 2.50 bits per heavy atom. The monoisotopic (exact) mass is 602 g/mol. The van der Waals surface area contributed by atoms with Gasteiger partial charge in [-0.05, 0) is 67.4 Å². The maximum absolute atomic E-state index is 14.2. The smallest absolute Gasteiger partial charge is 0.251 e. The number of fused-ring (bicyclic) bond motifs is 1. The Bertz CT molecular complexity index is 1640. The zero-order valence-electron chi connectivity index (χ0n) is 24.8. The number of rotatable bonds is 10. The highest BCUT2D eigenvalue weighted by Crippen LogP contribution is 2.38. The van der Waals surface area contributed by atoms with Gasteiger partial charge < -0.3 is 28.7 Å². The number of benzene rings is 2. The molecule has 0 bridgehead atoms. The number of methoxy groups -OCH3 is 2. The fraction of sp³-hybridized carbons (Fsp3) is 0.387. The zero-order valence-corrected chi connectivity index (χ0v) is 24.8. The minimum atomic E-state index is -1.10. The Labute approximate surface area is 254 Å². The van der Waals surface area contributed by atoms with E-state index in [2.05, 4.69) is 20.7 Å². The van der Waals surface area contributed by atoms with Crippen LogP contribution < -0.4 is 29.2 Å². The lowest BCUT2D eigenvalue weighted by Crippen LogP contribution is -2.47. The Balaban J connectivity index is 1.35. The van der Waals surface area contributed by atoms with Crippen molar-refractivity contribution in [1.29, 1.82) is 0 Å². The second-order valence-electron chi connectivity index (χ2n) is 10.6. The first-order chi connectivity index (χ1) is 21.4. The van der Waals surface area contributed by atoms with Gasteiger partial charge in [-0.25, -0.2) is 0 Å². The first-order valence-electron chi connectivity index (χ1n) is 14.5. The van der Waals surface area contributed by atoms with E-state index in [4.69, 9.17) is 23.4 Å². The molecule has 1 fully saturated rings. The van der Waals surface area contributed by atoms with E-state index in [9.17, 15) is 9.59 Å². The molecule has 6 rings (SSSR count). The number of amides is 2. The van der Waals surface area contributed by atoms with Crippen molar-refractivity contribution < 1.29 is 33.0 Å². The number of tetrazole rings is 1. The number of hydrogen-bond acceptors (Lipinski definition) is 10. The fourth-order valence-electron chi connectivity index (χ4n) is 5.54. The van der Waals surface area contributed by atoms with Crippen LogP contribution in [0.15, 0.2) is 52.9 Å². The molecular formula is C31H34N6O7. The van der Waals surface area contributed by atoms with Crippen molar-refractivity contribution in [2.45, 2.75) is 51.2 Å². The number of furan rings is 1. The molecule has 2 aromatic carbocycles. The first kappa shape index (κ1) is 29.0. The summed E-state index contributed by atoms with van der Waals surface area (Å²) < 4.78 is 28.2. The third kappa shape index (κ3) is 6.03. The van der Waals surface area contributed by atoms with Gasteiger partial charge in [-0.15, -0.1) is 10.2 Å². The van der Waals surface area contributed by atoms with Gasteiger partial charge in [0, 0.05) is 23.4 Å². The van der Waals surface area contributed by atoms with Gasteiger partial charge in [-0.1, -0.05) is 12.8 Å². The van der Waals surface area contributed by atoms with Crippen molar-refractivity contribution >= 4 is 17.5 Å². The number of ether oxygens (including phenoxy) is 4. The summed E-state index contributed by atoms with van der Waals surface area (Å²) in [5.74, 6) is 2.55. The maximum Gasteiger partial charge on any atom is 0.251 e. The quantitative estimate of drug-likeness (QED) is 0.284. The number of carbonyl (C=O) groups excluding carboxylic acids is 2. The second-order valence-corrected chi connectivity index (χ2v) is 10.6. The van der Waals surface area contributed by atoms with Crippen LogP contribution in [0.25, 0.3) is 11.4 Å². The molecule has 44 heavy (non-hydrogen) atoms. The molecule has 4 aromatic rings. The van der Waals surface area contributed by atoms with Crippen molar-refractivity contribution in [3.63, 3.8) is 0 Å². The fourth-order valence-corrected chi connectivity index (χ4v) is 5.54. The SMILES string of the molecule is COc1ccc(-c2nnn(CC(=O)N(c3ccc4c(c3)OCCO4)C(C(=O)NC3CCCC3)c3ccc(C)o3)n2)cc1OC. The lowest BCUT2D eigenvalue weighted by Gasteiger charge is -2.31. The number of nitrogens with zero attached hydrogens (tertiary/aromatic N) is 5. The average Bonchev–Trinajstić information content (AvgIpc) is 3.82. The van der Waals surface area contributed by atoms with Crippen molar-refractivity contribution in [2.75, 3.05) is 32.3 Å². The van der Waals surface area contributed by atoms with Gasteiger partial charge in [-0.3, -0.25) is 14.5 Å². The lowest BCUT2D eigenvalue weighted by atomic mass is 10.1. The van der Waals surface area contributed by atoms with E-state index in [0.29, 0.717) is 64.8 Å². The largest absolute Gasteiger partial charge is 0.493 e. The Hall–Kier alpha value is -5.07. The van der Waals surface area contributed by atoms with Crippen LogP contribution >= 0.6 is 0 Å². The van der Waals surface area contributed by atoms with Crippen LogP contribution in [-0.4, -0.2) is 65.5 Å². The Morgan fingerprint density at radius 2 is 1.77 bits per heavy atom. The van der Waals surface area contributed by atoms with E-state index in [1.807, 2.05) is 0 Å². The van der Waals surface area contributed by atoms with Crippen LogP contribution in [-0.2, 0) is 16.1 Å². The second kappa shape index (κ2) is 12.7. The van der Waals surface area contributed by atoms with E-state index in [1.54, 1.807) is 62.6 Å². The van der Waals surface area contributed by atoms with E-state index in [0.717, 1.165) is 25.7 Å². The number of carbonyl (C=O) groups is 2. The van der Waals surface area contributed by atoms with Gasteiger partial charge in [-0.2, -0.15) is 4.80 Å². The highest BCUT2D eigenvalue weighted by molar-refractivity contribution is 6.01.